The predicted molar refractivity (Wildman–Crippen MR) is 172 cm³/mol. The van der Waals surface area contributed by atoms with Crippen LogP contribution in [0.25, 0.3) is 10.9 Å². The Morgan fingerprint density at radius 3 is 2.43 bits per heavy atom. The number of piperidine rings is 1. The molecule has 1 amide bonds. The van der Waals surface area contributed by atoms with Gasteiger partial charge in [-0.3, -0.25) is 4.79 Å². The van der Waals surface area contributed by atoms with E-state index in [2.05, 4.69) is 51.7 Å². The zero-order valence-electron chi connectivity index (χ0n) is 26.1. The van der Waals surface area contributed by atoms with Crippen molar-refractivity contribution in [3.05, 3.63) is 89.1 Å². The molecule has 1 saturated heterocycles. The van der Waals surface area contributed by atoms with Crippen molar-refractivity contribution in [2.24, 2.45) is 0 Å². The summed E-state index contributed by atoms with van der Waals surface area (Å²) in [5, 5.41) is 4.42. The van der Waals surface area contributed by atoms with E-state index in [1.807, 2.05) is 46.8 Å². The number of hydrogen-bond acceptors (Lipinski definition) is 5. The van der Waals surface area contributed by atoms with Crippen molar-refractivity contribution in [1.29, 1.82) is 0 Å². The Morgan fingerprint density at radius 2 is 1.88 bits per heavy atom. The van der Waals surface area contributed by atoms with Gasteiger partial charge in [-0.15, -0.1) is 0 Å². The highest BCUT2D eigenvalue weighted by Gasteiger charge is 2.26. The summed E-state index contributed by atoms with van der Waals surface area (Å²) in [5.74, 6) is 0.598. The molecule has 2 N–H and O–H groups in total. The Balaban J connectivity index is 0.000000263. The highest BCUT2D eigenvalue weighted by Crippen LogP contribution is 2.24. The molecule has 0 unspecified atom stereocenters. The van der Waals surface area contributed by atoms with Gasteiger partial charge in [0, 0.05) is 43.0 Å². The molecule has 42 heavy (non-hydrogen) atoms. The maximum absolute atomic E-state index is 12.1. The molecule has 2 aromatic heterocycles. The van der Waals surface area contributed by atoms with Gasteiger partial charge in [-0.1, -0.05) is 42.3 Å². The van der Waals surface area contributed by atoms with Crippen molar-refractivity contribution in [3.8, 4) is 0 Å². The summed E-state index contributed by atoms with van der Waals surface area (Å²) in [6.07, 6.45) is 7.77. The van der Waals surface area contributed by atoms with Crippen molar-refractivity contribution in [2.45, 2.75) is 72.4 Å². The van der Waals surface area contributed by atoms with Gasteiger partial charge in [0.05, 0.1) is 18.3 Å². The molecule has 4 rings (SSSR count). The van der Waals surface area contributed by atoms with Crippen molar-refractivity contribution in [1.82, 2.24) is 25.1 Å². The number of nitrogens with zero attached hydrogens (tertiary/aromatic N) is 3. The molecule has 230 valence electrons. The fourth-order valence-corrected chi connectivity index (χ4v) is 4.73. The van der Waals surface area contributed by atoms with Crippen molar-refractivity contribution in [3.63, 3.8) is 0 Å². The molecule has 1 fully saturated rings. The molecular formula is C33H47ClFN5O2. The summed E-state index contributed by atoms with van der Waals surface area (Å²) in [4.78, 5) is 22.2. The molecule has 7 nitrogen and oxygen atoms in total. The molecule has 0 atom stereocenters. The van der Waals surface area contributed by atoms with Crippen LogP contribution < -0.4 is 5.32 Å². The number of likely N-dealkylation sites (N-methyl/N-ethyl adjacent to an activating group) is 1. The largest absolute Gasteiger partial charge is 0.474 e. The van der Waals surface area contributed by atoms with Gasteiger partial charge in [0.25, 0.3) is 0 Å². The van der Waals surface area contributed by atoms with Crippen molar-refractivity contribution < 1.29 is 13.9 Å². The standard InChI is InChI=1S/C18H33N3O2.C8H7ClN2.C7H7F/c1-7-8-17(13-19-14-22)20(6)16-9-11-21(12-10-16)15(2)23-18(3,4)5;1-5-2-6-3-8(9)10-4-7(6)11-5;1-6-2-4-7(8)5-3-6/h8,14,16H,2,7,9-13H2,1,3-6H3,(H,19,22);2-4,11H,1H3;2-5H,1H3/b17-8+;;. The number of rotatable bonds is 8. The first-order valence-electron chi connectivity index (χ1n) is 14.4. The van der Waals surface area contributed by atoms with E-state index in [0.717, 1.165) is 66.8 Å². The summed E-state index contributed by atoms with van der Waals surface area (Å²) in [7, 11) is 2.12. The minimum absolute atomic E-state index is 0.171. The third kappa shape index (κ3) is 12.1. The van der Waals surface area contributed by atoms with Gasteiger partial charge in [-0.05, 0) is 84.7 Å². The summed E-state index contributed by atoms with van der Waals surface area (Å²) in [5.41, 5.74) is 4.23. The lowest BCUT2D eigenvalue weighted by Crippen LogP contribution is -2.44. The number of aryl methyl sites for hydroxylation is 2. The number of hydrogen-bond donors (Lipinski definition) is 2. The van der Waals surface area contributed by atoms with E-state index in [1.165, 1.54) is 17.8 Å². The fourth-order valence-electron chi connectivity index (χ4n) is 4.56. The van der Waals surface area contributed by atoms with Crippen LogP contribution in [0.5, 0.6) is 0 Å². The number of aromatic amines is 1. The Bertz CT molecular complexity index is 1270. The SMILES string of the molecule is C=C(OC(C)(C)C)N1CCC(N(C)/C(=C/CC)CNC=O)CC1.Cc1cc2cc(Cl)ncc2[nH]1.Cc1ccc(F)cc1. The van der Waals surface area contributed by atoms with Gasteiger partial charge in [0.15, 0.2) is 5.88 Å². The van der Waals surface area contributed by atoms with Crippen LogP contribution in [0, 0.1) is 19.7 Å². The number of aromatic nitrogens is 2. The Morgan fingerprint density at radius 1 is 1.24 bits per heavy atom. The fraction of sp³-hybridized carbons (Fsp3) is 0.455. The van der Waals surface area contributed by atoms with Crippen LogP contribution in [-0.4, -0.2) is 64.5 Å². The summed E-state index contributed by atoms with van der Waals surface area (Å²) >= 11 is 5.70. The number of ether oxygens (including phenoxy) is 1. The van der Waals surface area contributed by atoms with Crippen LogP contribution in [0.4, 0.5) is 4.39 Å². The van der Waals surface area contributed by atoms with Crippen LogP contribution in [0.2, 0.25) is 5.15 Å². The molecule has 1 aliphatic rings. The molecule has 9 heteroatoms. The molecular weight excluding hydrogens is 553 g/mol. The third-order valence-electron chi connectivity index (χ3n) is 6.67. The molecule has 0 radical (unpaired) electrons. The van der Waals surface area contributed by atoms with E-state index in [1.54, 1.807) is 18.3 Å². The average molecular weight is 600 g/mol. The quantitative estimate of drug-likeness (QED) is 0.161. The number of allylic oxidation sites excluding steroid dienone is 1. The molecule has 3 aromatic rings. The number of likely N-dealkylation sites (tertiary alicyclic amines) is 1. The predicted octanol–water partition coefficient (Wildman–Crippen LogP) is 7.37. The molecule has 3 heterocycles. The van der Waals surface area contributed by atoms with Crippen LogP contribution in [0.1, 0.15) is 58.2 Å². The minimum Gasteiger partial charge on any atom is -0.474 e. The van der Waals surface area contributed by atoms with Crippen molar-refractivity contribution >= 4 is 28.9 Å². The van der Waals surface area contributed by atoms with Crippen LogP contribution in [-0.2, 0) is 9.53 Å². The number of nitrogens with one attached hydrogen (secondary N) is 2. The number of carbonyl (C=O) groups is 1. The Hall–Kier alpha value is -3.52. The zero-order valence-corrected chi connectivity index (χ0v) is 26.9. The lowest BCUT2D eigenvalue weighted by molar-refractivity contribution is -0.109. The Labute approximate surface area is 255 Å². The van der Waals surface area contributed by atoms with Crippen molar-refractivity contribution in [2.75, 3.05) is 26.7 Å². The van der Waals surface area contributed by atoms with Gasteiger partial charge >= 0.3 is 0 Å². The summed E-state index contributed by atoms with van der Waals surface area (Å²) < 4.78 is 18.0. The molecule has 0 bridgehead atoms. The van der Waals surface area contributed by atoms with E-state index in [4.69, 9.17) is 16.3 Å². The zero-order chi connectivity index (χ0) is 31.3. The number of benzene rings is 1. The number of amides is 1. The summed E-state index contributed by atoms with van der Waals surface area (Å²) in [6.45, 7) is 18.7. The average Bonchev–Trinajstić information content (AvgIpc) is 3.31. The highest BCUT2D eigenvalue weighted by molar-refractivity contribution is 6.30. The number of H-pyrrole nitrogens is 1. The van der Waals surface area contributed by atoms with Gasteiger partial charge in [-0.2, -0.15) is 0 Å². The normalized spacial score (nSPS) is 13.8. The van der Waals surface area contributed by atoms with E-state index < -0.39 is 0 Å². The first-order chi connectivity index (χ1) is 19.8. The smallest absolute Gasteiger partial charge is 0.207 e. The Kier molecular flexibility index (Phi) is 13.9. The molecule has 0 aliphatic carbocycles. The molecule has 0 spiro atoms. The number of halogens is 2. The molecule has 1 aromatic carbocycles. The van der Waals surface area contributed by atoms with Crippen LogP contribution >= 0.6 is 11.6 Å². The maximum atomic E-state index is 12.1. The number of pyridine rings is 1. The number of fused-ring (bicyclic) bond motifs is 1. The second kappa shape index (κ2) is 16.8. The van der Waals surface area contributed by atoms with E-state index >= 15 is 0 Å². The van der Waals surface area contributed by atoms with Gasteiger partial charge in [-0.25, -0.2) is 9.37 Å². The first kappa shape index (κ1) is 34.7. The van der Waals surface area contributed by atoms with Crippen LogP contribution in [0.15, 0.2) is 66.8 Å². The first-order valence-corrected chi connectivity index (χ1v) is 14.8. The monoisotopic (exact) mass is 599 g/mol. The minimum atomic E-state index is -0.206. The topological polar surface area (TPSA) is 73.5 Å². The van der Waals surface area contributed by atoms with E-state index in [-0.39, 0.29) is 11.4 Å². The highest BCUT2D eigenvalue weighted by atomic mass is 35.5. The van der Waals surface area contributed by atoms with Gasteiger partial charge in [0.1, 0.15) is 16.6 Å². The molecule has 0 saturated carbocycles. The van der Waals surface area contributed by atoms with Crippen LogP contribution in [0.3, 0.4) is 0 Å². The lowest BCUT2D eigenvalue weighted by atomic mass is 10.0. The third-order valence-corrected chi connectivity index (χ3v) is 6.87. The van der Waals surface area contributed by atoms with E-state index in [0.29, 0.717) is 17.7 Å². The van der Waals surface area contributed by atoms with Gasteiger partial charge in [0.2, 0.25) is 6.41 Å². The van der Waals surface area contributed by atoms with Gasteiger partial charge < -0.3 is 24.8 Å². The second-order valence-electron chi connectivity index (χ2n) is 11.4. The van der Waals surface area contributed by atoms with E-state index in [9.17, 15) is 9.18 Å². The second-order valence-corrected chi connectivity index (χ2v) is 11.8. The summed E-state index contributed by atoms with van der Waals surface area (Å²) in [6, 6.07) is 10.8. The lowest BCUT2D eigenvalue weighted by Gasteiger charge is -2.41. The molecule has 1 aliphatic heterocycles. The maximum Gasteiger partial charge on any atom is 0.207 e. The number of carbonyl (C=O) groups excluding carboxylic acids is 1.